The molecule has 0 saturated heterocycles. The fourth-order valence-electron chi connectivity index (χ4n) is 5.35. The number of hydrogen-bond acceptors (Lipinski definition) is 2. The molecule has 2 aromatic heterocycles. The summed E-state index contributed by atoms with van der Waals surface area (Å²) in [7, 11) is 0. The molecule has 7 aromatic rings. The molecule has 0 amide bonds. The van der Waals surface area contributed by atoms with Gasteiger partial charge in [0.1, 0.15) is 11.8 Å². The molecule has 172 valence electrons. The lowest BCUT2D eigenvalue weighted by Gasteiger charge is -2.09. The summed E-state index contributed by atoms with van der Waals surface area (Å²) < 4.78 is 2.36. The van der Waals surface area contributed by atoms with Crippen LogP contribution in [0, 0.1) is 11.3 Å². The predicted octanol–water partition coefficient (Wildman–Crippen LogP) is 8.54. The maximum absolute atomic E-state index is 9.19. The summed E-state index contributed by atoms with van der Waals surface area (Å²) >= 11 is 0. The van der Waals surface area contributed by atoms with Gasteiger partial charge in [-0.05, 0) is 75.5 Å². The number of hydrogen-bond donors (Lipinski definition) is 0. The Balaban J connectivity index is 1.43. The van der Waals surface area contributed by atoms with Crippen LogP contribution in [0.15, 0.2) is 128 Å². The minimum absolute atomic E-state index is 0.425. The Morgan fingerprint density at radius 1 is 0.568 bits per heavy atom. The Morgan fingerprint density at radius 2 is 1.24 bits per heavy atom. The van der Waals surface area contributed by atoms with Crippen molar-refractivity contribution in [3.8, 4) is 34.0 Å². The van der Waals surface area contributed by atoms with Gasteiger partial charge in [-0.2, -0.15) is 5.26 Å². The summed E-state index contributed by atoms with van der Waals surface area (Å²) in [6, 6.07) is 44.8. The molecule has 0 aliphatic rings. The van der Waals surface area contributed by atoms with Crippen LogP contribution in [0.25, 0.3) is 60.5 Å². The topological polar surface area (TPSA) is 41.6 Å². The van der Waals surface area contributed by atoms with E-state index in [0.29, 0.717) is 5.69 Å². The molecule has 3 heteroatoms. The SMILES string of the molecule is N#Cc1cc(-c2ccc(-c3ccc4c(c3)c3c5ccccc5ccc3n4-c3ccccc3)cc2)ccn1. The van der Waals surface area contributed by atoms with Crippen molar-refractivity contribution in [3.63, 3.8) is 0 Å². The lowest BCUT2D eigenvalue weighted by Crippen LogP contribution is -1.93. The highest BCUT2D eigenvalue weighted by molar-refractivity contribution is 6.21. The first kappa shape index (κ1) is 21.1. The molecule has 0 aliphatic carbocycles. The number of fused-ring (bicyclic) bond motifs is 5. The van der Waals surface area contributed by atoms with Crippen molar-refractivity contribution >= 4 is 32.6 Å². The number of nitriles is 1. The third-order valence-electron chi connectivity index (χ3n) is 7.10. The van der Waals surface area contributed by atoms with Crippen LogP contribution in [-0.4, -0.2) is 9.55 Å². The van der Waals surface area contributed by atoms with E-state index in [0.717, 1.165) is 22.4 Å². The van der Waals surface area contributed by atoms with Gasteiger partial charge in [-0.3, -0.25) is 0 Å². The molecule has 0 atom stereocenters. The second-order valence-corrected chi connectivity index (χ2v) is 9.20. The van der Waals surface area contributed by atoms with Crippen LogP contribution >= 0.6 is 0 Å². The highest BCUT2D eigenvalue weighted by atomic mass is 15.0. The molecule has 0 fully saturated rings. The quantitative estimate of drug-likeness (QED) is 0.259. The van der Waals surface area contributed by atoms with Crippen LogP contribution in [0.5, 0.6) is 0 Å². The van der Waals surface area contributed by atoms with E-state index in [1.54, 1.807) is 6.20 Å². The average Bonchev–Trinajstić information content (AvgIpc) is 3.32. The highest BCUT2D eigenvalue weighted by Gasteiger charge is 2.15. The molecule has 0 aliphatic heterocycles. The van der Waals surface area contributed by atoms with E-state index in [4.69, 9.17) is 0 Å². The van der Waals surface area contributed by atoms with Crippen LogP contribution in [0.1, 0.15) is 5.69 Å². The van der Waals surface area contributed by atoms with Crippen molar-refractivity contribution in [1.29, 1.82) is 5.26 Å². The Morgan fingerprint density at radius 3 is 2.03 bits per heavy atom. The predicted molar refractivity (Wildman–Crippen MR) is 152 cm³/mol. The highest BCUT2D eigenvalue weighted by Crippen LogP contribution is 2.38. The number of pyridine rings is 1. The van der Waals surface area contributed by atoms with E-state index in [9.17, 15) is 5.26 Å². The maximum atomic E-state index is 9.19. The van der Waals surface area contributed by atoms with E-state index in [-0.39, 0.29) is 0 Å². The zero-order valence-corrected chi connectivity index (χ0v) is 20.0. The van der Waals surface area contributed by atoms with Crippen molar-refractivity contribution in [2.75, 3.05) is 0 Å². The first-order valence-corrected chi connectivity index (χ1v) is 12.3. The second-order valence-electron chi connectivity index (χ2n) is 9.20. The Kier molecular flexibility index (Phi) is 4.84. The van der Waals surface area contributed by atoms with E-state index in [2.05, 4.69) is 125 Å². The largest absolute Gasteiger partial charge is 0.309 e. The lowest BCUT2D eigenvalue weighted by molar-refractivity contribution is 1.18. The van der Waals surface area contributed by atoms with E-state index >= 15 is 0 Å². The summed E-state index contributed by atoms with van der Waals surface area (Å²) in [6.45, 7) is 0. The third-order valence-corrected chi connectivity index (χ3v) is 7.10. The summed E-state index contributed by atoms with van der Waals surface area (Å²) in [6.07, 6.45) is 1.68. The Labute approximate surface area is 214 Å². The van der Waals surface area contributed by atoms with Crippen LogP contribution in [-0.2, 0) is 0 Å². The zero-order chi connectivity index (χ0) is 24.8. The van der Waals surface area contributed by atoms with Gasteiger partial charge in [0, 0.05) is 22.7 Å². The number of rotatable bonds is 3. The van der Waals surface area contributed by atoms with Crippen molar-refractivity contribution in [3.05, 3.63) is 133 Å². The molecular weight excluding hydrogens is 450 g/mol. The fraction of sp³-hybridized carbons (Fsp3) is 0. The van der Waals surface area contributed by atoms with Crippen molar-refractivity contribution in [1.82, 2.24) is 9.55 Å². The third kappa shape index (κ3) is 3.47. The molecule has 3 nitrogen and oxygen atoms in total. The van der Waals surface area contributed by atoms with Gasteiger partial charge >= 0.3 is 0 Å². The minimum Gasteiger partial charge on any atom is -0.309 e. The maximum Gasteiger partial charge on any atom is 0.141 e. The molecule has 0 radical (unpaired) electrons. The lowest BCUT2D eigenvalue weighted by atomic mass is 9.98. The second kappa shape index (κ2) is 8.48. The van der Waals surface area contributed by atoms with Crippen LogP contribution in [0.2, 0.25) is 0 Å². The normalized spacial score (nSPS) is 11.2. The van der Waals surface area contributed by atoms with E-state index in [1.807, 2.05) is 12.1 Å². The number of para-hydroxylation sites is 1. The molecule has 0 N–H and O–H groups in total. The fourth-order valence-corrected chi connectivity index (χ4v) is 5.35. The summed E-state index contributed by atoms with van der Waals surface area (Å²) in [5, 5.41) is 14.2. The van der Waals surface area contributed by atoms with Gasteiger partial charge in [0.25, 0.3) is 0 Å². The summed E-state index contributed by atoms with van der Waals surface area (Å²) in [4.78, 5) is 4.08. The monoisotopic (exact) mass is 471 g/mol. The summed E-state index contributed by atoms with van der Waals surface area (Å²) in [5.74, 6) is 0. The van der Waals surface area contributed by atoms with Crippen molar-refractivity contribution < 1.29 is 0 Å². The van der Waals surface area contributed by atoms with Gasteiger partial charge in [0.15, 0.2) is 0 Å². The van der Waals surface area contributed by atoms with Crippen molar-refractivity contribution in [2.24, 2.45) is 0 Å². The molecule has 2 heterocycles. The molecule has 0 unspecified atom stereocenters. The van der Waals surface area contributed by atoms with Crippen molar-refractivity contribution in [2.45, 2.75) is 0 Å². The van der Waals surface area contributed by atoms with E-state index < -0.39 is 0 Å². The molecule has 0 saturated carbocycles. The first-order valence-electron chi connectivity index (χ1n) is 12.3. The number of benzene rings is 5. The minimum atomic E-state index is 0.425. The molecule has 37 heavy (non-hydrogen) atoms. The van der Waals surface area contributed by atoms with Gasteiger partial charge in [0.2, 0.25) is 0 Å². The van der Waals surface area contributed by atoms with E-state index in [1.165, 1.54) is 38.1 Å². The van der Waals surface area contributed by atoms with Gasteiger partial charge in [-0.15, -0.1) is 0 Å². The Hall–Kier alpha value is -5.20. The standard InChI is InChI=1S/C34H21N3/c35-22-28-20-27(18-19-36-28)24-12-10-23(11-13-24)26-15-16-32-31(21-26)34-30-9-5-4-6-25(30)14-17-33(34)37(32)29-7-2-1-3-8-29/h1-21H. The van der Waals surface area contributed by atoms with Gasteiger partial charge in [-0.1, -0.05) is 78.9 Å². The van der Waals surface area contributed by atoms with Crippen LogP contribution in [0.4, 0.5) is 0 Å². The Bertz CT molecular complexity index is 1970. The smallest absolute Gasteiger partial charge is 0.141 e. The first-order chi connectivity index (χ1) is 18.3. The molecule has 0 spiro atoms. The molecule has 5 aromatic carbocycles. The average molecular weight is 472 g/mol. The number of aromatic nitrogens is 2. The molecule has 0 bridgehead atoms. The molecular formula is C34H21N3. The van der Waals surface area contributed by atoms with Crippen LogP contribution in [0.3, 0.4) is 0 Å². The van der Waals surface area contributed by atoms with Crippen LogP contribution < -0.4 is 0 Å². The van der Waals surface area contributed by atoms with Gasteiger partial charge in [0.05, 0.1) is 11.0 Å². The molecule has 7 rings (SSSR count). The summed E-state index contributed by atoms with van der Waals surface area (Å²) in [5.41, 5.74) is 8.36. The zero-order valence-electron chi connectivity index (χ0n) is 20.0. The van der Waals surface area contributed by atoms with Gasteiger partial charge in [-0.25, -0.2) is 4.98 Å². The van der Waals surface area contributed by atoms with Gasteiger partial charge < -0.3 is 4.57 Å². The number of nitrogens with zero attached hydrogens (tertiary/aromatic N) is 3.